The number of hydrogen-bond donors (Lipinski definition) is 1. The maximum Gasteiger partial charge on any atom is 0.252 e. The summed E-state index contributed by atoms with van der Waals surface area (Å²) in [5.74, 6) is 2.73. The fourth-order valence-electron chi connectivity index (χ4n) is 2.78. The van der Waals surface area contributed by atoms with Crippen LogP contribution in [-0.4, -0.2) is 34.9 Å². The SMILES string of the molecule is COc1cc(OC)cc(C(=O)N[C@H](C)c2nnc3n2CCC3)c1. The summed E-state index contributed by atoms with van der Waals surface area (Å²) >= 11 is 0. The van der Waals surface area contributed by atoms with E-state index in [-0.39, 0.29) is 11.9 Å². The molecule has 122 valence electrons. The molecule has 1 amide bonds. The Bertz CT molecular complexity index is 704. The van der Waals surface area contributed by atoms with Crippen LogP contribution in [0, 0.1) is 0 Å². The average molecular weight is 316 g/mol. The standard InChI is InChI=1S/C16H20N4O3/c1-10(15-19-18-14-5-4-6-20(14)15)17-16(21)11-7-12(22-2)9-13(8-11)23-3/h7-10H,4-6H2,1-3H3,(H,17,21)/t10-/m1/s1. The fourth-order valence-corrected chi connectivity index (χ4v) is 2.78. The molecule has 0 fully saturated rings. The van der Waals surface area contributed by atoms with Gasteiger partial charge in [-0.25, -0.2) is 0 Å². The molecule has 0 bridgehead atoms. The van der Waals surface area contributed by atoms with Crippen molar-refractivity contribution in [3.63, 3.8) is 0 Å². The van der Waals surface area contributed by atoms with Crippen LogP contribution in [-0.2, 0) is 13.0 Å². The van der Waals surface area contributed by atoms with E-state index >= 15 is 0 Å². The van der Waals surface area contributed by atoms with Crippen molar-refractivity contribution in [3.05, 3.63) is 35.4 Å². The molecule has 7 nitrogen and oxygen atoms in total. The van der Waals surface area contributed by atoms with E-state index in [0.717, 1.165) is 31.0 Å². The monoisotopic (exact) mass is 316 g/mol. The molecule has 0 spiro atoms. The first-order chi connectivity index (χ1) is 11.1. The average Bonchev–Trinajstić information content (AvgIpc) is 3.17. The van der Waals surface area contributed by atoms with E-state index in [1.54, 1.807) is 32.4 Å². The number of methoxy groups -OCH3 is 2. The molecule has 1 aliphatic heterocycles. The molecule has 2 aromatic rings. The summed E-state index contributed by atoms with van der Waals surface area (Å²) in [5.41, 5.74) is 0.481. The Labute approximate surface area is 134 Å². The smallest absolute Gasteiger partial charge is 0.252 e. The van der Waals surface area contributed by atoms with E-state index < -0.39 is 0 Å². The topological polar surface area (TPSA) is 78.3 Å². The summed E-state index contributed by atoms with van der Waals surface area (Å²) in [6, 6.07) is 4.86. The van der Waals surface area contributed by atoms with Crippen molar-refractivity contribution in [1.82, 2.24) is 20.1 Å². The third kappa shape index (κ3) is 2.99. The second kappa shape index (κ2) is 6.28. The molecule has 0 saturated carbocycles. The Balaban J connectivity index is 1.78. The quantitative estimate of drug-likeness (QED) is 0.909. The zero-order valence-corrected chi connectivity index (χ0v) is 13.5. The van der Waals surface area contributed by atoms with Crippen molar-refractivity contribution < 1.29 is 14.3 Å². The van der Waals surface area contributed by atoms with Gasteiger partial charge in [0.15, 0.2) is 5.82 Å². The third-order valence-corrected chi connectivity index (χ3v) is 3.99. The molecule has 0 aliphatic carbocycles. The highest BCUT2D eigenvalue weighted by Gasteiger charge is 2.23. The Kier molecular flexibility index (Phi) is 4.18. The predicted octanol–water partition coefficient (Wildman–Crippen LogP) is 1.73. The van der Waals surface area contributed by atoms with E-state index in [1.165, 1.54) is 0 Å². The lowest BCUT2D eigenvalue weighted by molar-refractivity contribution is 0.0937. The second-order valence-corrected chi connectivity index (χ2v) is 5.53. The van der Waals surface area contributed by atoms with Gasteiger partial charge < -0.3 is 19.4 Å². The number of benzene rings is 1. The maximum atomic E-state index is 12.5. The Morgan fingerprint density at radius 1 is 1.22 bits per heavy atom. The Hall–Kier alpha value is -2.57. The highest BCUT2D eigenvalue weighted by atomic mass is 16.5. The number of aryl methyl sites for hydroxylation is 1. The van der Waals surface area contributed by atoms with Crippen LogP contribution in [0.2, 0.25) is 0 Å². The van der Waals surface area contributed by atoms with Crippen molar-refractivity contribution in [2.45, 2.75) is 32.4 Å². The lowest BCUT2D eigenvalue weighted by atomic mass is 10.1. The van der Waals surface area contributed by atoms with Crippen LogP contribution in [0.5, 0.6) is 11.5 Å². The highest BCUT2D eigenvalue weighted by Crippen LogP contribution is 2.23. The van der Waals surface area contributed by atoms with Gasteiger partial charge in [0.1, 0.15) is 17.3 Å². The number of hydrogen-bond acceptors (Lipinski definition) is 5. The summed E-state index contributed by atoms with van der Waals surface area (Å²) in [7, 11) is 3.11. The summed E-state index contributed by atoms with van der Waals surface area (Å²) in [4.78, 5) is 12.5. The first-order valence-electron chi connectivity index (χ1n) is 7.58. The third-order valence-electron chi connectivity index (χ3n) is 3.99. The molecule has 1 N–H and O–H groups in total. The molecule has 3 rings (SSSR count). The van der Waals surface area contributed by atoms with Crippen LogP contribution in [0.15, 0.2) is 18.2 Å². The van der Waals surface area contributed by atoms with Gasteiger partial charge in [-0.05, 0) is 25.5 Å². The number of fused-ring (bicyclic) bond motifs is 1. The molecular weight excluding hydrogens is 296 g/mol. The second-order valence-electron chi connectivity index (χ2n) is 5.53. The van der Waals surface area contributed by atoms with Crippen molar-refractivity contribution >= 4 is 5.91 Å². The van der Waals surface area contributed by atoms with Gasteiger partial charge in [-0.1, -0.05) is 0 Å². The van der Waals surface area contributed by atoms with Gasteiger partial charge in [-0.15, -0.1) is 10.2 Å². The van der Waals surface area contributed by atoms with Gasteiger partial charge in [0, 0.05) is 24.6 Å². The molecule has 7 heteroatoms. The summed E-state index contributed by atoms with van der Waals surface area (Å²) in [6.07, 6.45) is 2.02. The van der Waals surface area contributed by atoms with Gasteiger partial charge in [0.2, 0.25) is 0 Å². The van der Waals surface area contributed by atoms with Crippen LogP contribution >= 0.6 is 0 Å². The minimum atomic E-state index is -0.223. The minimum absolute atomic E-state index is 0.204. The molecule has 1 aliphatic rings. The lowest BCUT2D eigenvalue weighted by Crippen LogP contribution is -2.28. The van der Waals surface area contributed by atoms with Crippen LogP contribution in [0.1, 0.15) is 41.4 Å². The summed E-state index contributed by atoms with van der Waals surface area (Å²) < 4.78 is 12.5. The van der Waals surface area contributed by atoms with Gasteiger partial charge >= 0.3 is 0 Å². The van der Waals surface area contributed by atoms with E-state index in [4.69, 9.17) is 9.47 Å². The summed E-state index contributed by atoms with van der Waals surface area (Å²) in [5, 5.41) is 11.3. The molecule has 2 heterocycles. The molecule has 1 aromatic carbocycles. The number of nitrogens with zero attached hydrogens (tertiary/aromatic N) is 3. The van der Waals surface area contributed by atoms with Crippen molar-refractivity contribution in [2.24, 2.45) is 0 Å². The van der Waals surface area contributed by atoms with Gasteiger partial charge in [0.25, 0.3) is 5.91 Å². The van der Waals surface area contributed by atoms with Gasteiger partial charge in [-0.2, -0.15) is 0 Å². The first-order valence-corrected chi connectivity index (χ1v) is 7.58. The molecular formula is C16H20N4O3. The van der Waals surface area contributed by atoms with E-state index in [1.807, 2.05) is 6.92 Å². The van der Waals surface area contributed by atoms with Crippen LogP contribution in [0.3, 0.4) is 0 Å². The van der Waals surface area contributed by atoms with Crippen LogP contribution in [0.4, 0.5) is 0 Å². The molecule has 0 radical (unpaired) electrons. The number of aromatic nitrogens is 3. The van der Waals surface area contributed by atoms with E-state index in [0.29, 0.717) is 17.1 Å². The predicted molar refractivity (Wildman–Crippen MR) is 83.8 cm³/mol. The zero-order valence-electron chi connectivity index (χ0n) is 13.5. The highest BCUT2D eigenvalue weighted by molar-refractivity contribution is 5.95. The number of carbonyl (C=O) groups excluding carboxylic acids is 1. The Morgan fingerprint density at radius 2 is 1.91 bits per heavy atom. The molecule has 1 atom stereocenters. The first kappa shape index (κ1) is 15.3. The summed E-state index contributed by atoms with van der Waals surface area (Å²) in [6.45, 7) is 2.82. The number of rotatable bonds is 5. The van der Waals surface area contributed by atoms with E-state index in [2.05, 4.69) is 20.1 Å². The normalized spacial score (nSPS) is 14.2. The van der Waals surface area contributed by atoms with Crippen LogP contribution < -0.4 is 14.8 Å². The molecule has 1 aromatic heterocycles. The van der Waals surface area contributed by atoms with E-state index in [9.17, 15) is 4.79 Å². The lowest BCUT2D eigenvalue weighted by Gasteiger charge is -2.15. The Morgan fingerprint density at radius 3 is 2.57 bits per heavy atom. The van der Waals surface area contributed by atoms with Gasteiger partial charge in [-0.3, -0.25) is 4.79 Å². The van der Waals surface area contributed by atoms with Crippen LogP contribution in [0.25, 0.3) is 0 Å². The van der Waals surface area contributed by atoms with Gasteiger partial charge in [0.05, 0.1) is 20.3 Å². The molecule has 0 saturated heterocycles. The number of carbonyl (C=O) groups is 1. The molecule has 23 heavy (non-hydrogen) atoms. The number of ether oxygens (including phenoxy) is 2. The largest absolute Gasteiger partial charge is 0.497 e. The van der Waals surface area contributed by atoms with Crippen molar-refractivity contribution in [3.8, 4) is 11.5 Å². The minimum Gasteiger partial charge on any atom is -0.497 e. The van der Waals surface area contributed by atoms with Crippen molar-refractivity contribution in [2.75, 3.05) is 14.2 Å². The maximum absolute atomic E-state index is 12.5. The number of amides is 1. The zero-order chi connectivity index (χ0) is 16.4. The molecule has 0 unspecified atom stereocenters. The van der Waals surface area contributed by atoms with Crippen molar-refractivity contribution in [1.29, 1.82) is 0 Å². The fraction of sp³-hybridized carbons (Fsp3) is 0.438. The number of nitrogens with one attached hydrogen (secondary N) is 1.